The maximum atomic E-state index is 10.1. The highest BCUT2D eigenvalue weighted by atomic mass is 79.9. The molecule has 2 aromatic carbocycles. The molecule has 0 aliphatic carbocycles. The van der Waals surface area contributed by atoms with Crippen molar-refractivity contribution in [3.05, 3.63) is 74.7 Å². The van der Waals surface area contributed by atoms with Crippen LogP contribution in [0.5, 0.6) is 0 Å². The smallest absolute Gasteiger partial charge is 0.0975 e. The Bertz CT molecular complexity index is 564. The molecule has 1 atom stereocenters. The largest absolute Gasteiger partial charge is 0.384 e. The van der Waals surface area contributed by atoms with Gasteiger partial charge in [0.05, 0.1) is 6.10 Å². The van der Waals surface area contributed by atoms with Gasteiger partial charge in [0.1, 0.15) is 0 Å². The van der Waals surface area contributed by atoms with Crippen LogP contribution in [0.4, 0.5) is 0 Å². The first-order valence-corrected chi connectivity index (χ1v) is 7.11. The fraction of sp³-hybridized carbons (Fsp3) is 0.0667. The van der Waals surface area contributed by atoms with Gasteiger partial charge < -0.3 is 5.11 Å². The molecule has 0 heterocycles. The Hall–Kier alpha value is -0.900. The molecule has 0 saturated heterocycles. The fourth-order valence-electron chi connectivity index (χ4n) is 1.61. The van der Waals surface area contributed by atoms with Crippen molar-refractivity contribution in [1.29, 1.82) is 0 Å². The lowest BCUT2D eigenvalue weighted by Gasteiger charge is -2.06. The first-order chi connectivity index (χ1) is 8.65. The predicted molar refractivity (Wildman–Crippen MR) is 82.3 cm³/mol. The van der Waals surface area contributed by atoms with E-state index in [1.165, 1.54) is 0 Å². The molecule has 2 rings (SSSR count). The normalized spacial score (nSPS) is 12.8. The molecule has 92 valence electrons. The number of benzene rings is 2. The lowest BCUT2D eigenvalue weighted by Crippen LogP contribution is -1.92. The minimum atomic E-state index is -0.596. The summed E-state index contributed by atoms with van der Waals surface area (Å²) in [6.07, 6.45) is 3.10. The van der Waals surface area contributed by atoms with Crippen molar-refractivity contribution >= 4 is 37.9 Å². The minimum Gasteiger partial charge on any atom is -0.384 e. The topological polar surface area (TPSA) is 20.2 Å². The number of rotatable bonds is 3. The van der Waals surface area contributed by atoms with E-state index in [-0.39, 0.29) is 0 Å². The summed E-state index contributed by atoms with van der Waals surface area (Å²) in [4.78, 5) is 0. The van der Waals surface area contributed by atoms with E-state index in [0.717, 1.165) is 20.1 Å². The quantitative estimate of drug-likeness (QED) is 0.812. The van der Waals surface area contributed by atoms with Gasteiger partial charge in [0.2, 0.25) is 0 Å². The highest BCUT2D eigenvalue weighted by molar-refractivity contribution is 9.10. The highest BCUT2D eigenvalue weighted by Gasteiger charge is 2.03. The lowest BCUT2D eigenvalue weighted by atomic mass is 10.1. The summed E-state index contributed by atoms with van der Waals surface area (Å²) in [5.41, 5.74) is 1.93. The van der Waals surface area contributed by atoms with E-state index < -0.39 is 6.10 Å². The molecule has 0 bridgehead atoms. The molecule has 0 radical (unpaired) electrons. The first kappa shape index (κ1) is 13.5. The monoisotopic (exact) mass is 366 g/mol. The molecule has 0 aromatic heterocycles. The molecule has 2 aromatic rings. The molecule has 18 heavy (non-hydrogen) atoms. The fourth-order valence-corrected chi connectivity index (χ4v) is 2.45. The van der Waals surface area contributed by atoms with Crippen LogP contribution in [0.25, 0.3) is 6.08 Å². The second kappa shape index (κ2) is 6.32. The lowest BCUT2D eigenvalue weighted by molar-refractivity contribution is 0.229. The zero-order chi connectivity index (χ0) is 13.0. The Labute approximate surface area is 123 Å². The summed E-state index contributed by atoms with van der Waals surface area (Å²) in [7, 11) is 0. The number of hydrogen-bond acceptors (Lipinski definition) is 1. The van der Waals surface area contributed by atoms with E-state index in [0.29, 0.717) is 0 Å². The zero-order valence-electron chi connectivity index (χ0n) is 9.55. The summed E-state index contributed by atoms with van der Waals surface area (Å²) in [6, 6.07) is 15.6. The van der Waals surface area contributed by atoms with Crippen LogP contribution in [-0.2, 0) is 0 Å². The summed E-state index contributed by atoms with van der Waals surface area (Å²) < 4.78 is 2.00. The molecule has 3 heteroatoms. The highest BCUT2D eigenvalue weighted by Crippen LogP contribution is 2.20. The van der Waals surface area contributed by atoms with Crippen LogP contribution in [0.2, 0.25) is 0 Å². The van der Waals surface area contributed by atoms with E-state index in [9.17, 15) is 5.11 Å². The molecular weight excluding hydrogens is 356 g/mol. The van der Waals surface area contributed by atoms with Gasteiger partial charge in [0, 0.05) is 8.95 Å². The Morgan fingerprint density at radius 3 is 2.28 bits per heavy atom. The SMILES string of the molecule is OC(/C=C/c1cccc(Br)c1)c1cccc(Br)c1. The molecule has 0 aliphatic rings. The average Bonchev–Trinajstić information content (AvgIpc) is 2.36. The van der Waals surface area contributed by atoms with E-state index >= 15 is 0 Å². The van der Waals surface area contributed by atoms with Crippen LogP contribution in [0.15, 0.2) is 63.6 Å². The van der Waals surface area contributed by atoms with Crippen molar-refractivity contribution in [2.75, 3.05) is 0 Å². The third-order valence-corrected chi connectivity index (χ3v) is 3.50. The molecule has 0 spiro atoms. The van der Waals surface area contributed by atoms with Crippen molar-refractivity contribution in [2.24, 2.45) is 0 Å². The third kappa shape index (κ3) is 3.80. The molecule has 1 N–H and O–H groups in total. The Balaban J connectivity index is 2.14. The summed E-state index contributed by atoms with van der Waals surface area (Å²) in [6.45, 7) is 0. The predicted octanol–water partition coefficient (Wildman–Crippen LogP) is 4.96. The van der Waals surface area contributed by atoms with Gasteiger partial charge in [-0.15, -0.1) is 0 Å². The molecule has 0 saturated carbocycles. The van der Waals surface area contributed by atoms with Gasteiger partial charge >= 0.3 is 0 Å². The van der Waals surface area contributed by atoms with Gasteiger partial charge in [-0.2, -0.15) is 0 Å². The van der Waals surface area contributed by atoms with Crippen molar-refractivity contribution < 1.29 is 5.11 Å². The van der Waals surface area contributed by atoms with E-state index in [1.807, 2.05) is 54.6 Å². The molecule has 0 fully saturated rings. The zero-order valence-corrected chi connectivity index (χ0v) is 12.7. The molecule has 1 nitrogen and oxygen atoms in total. The van der Waals surface area contributed by atoms with Crippen molar-refractivity contribution in [3.8, 4) is 0 Å². The minimum absolute atomic E-state index is 0.596. The Kier molecular flexibility index (Phi) is 4.75. The Morgan fingerprint density at radius 2 is 1.61 bits per heavy atom. The summed E-state index contributed by atoms with van der Waals surface area (Å²) >= 11 is 6.82. The van der Waals surface area contributed by atoms with Crippen LogP contribution in [0.1, 0.15) is 17.2 Å². The van der Waals surface area contributed by atoms with Gasteiger partial charge in [-0.05, 0) is 35.4 Å². The number of hydrogen-bond donors (Lipinski definition) is 1. The number of halogens is 2. The van der Waals surface area contributed by atoms with Crippen LogP contribution >= 0.6 is 31.9 Å². The number of aliphatic hydroxyl groups is 1. The van der Waals surface area contributed by atoms with Gasteiger partial charge in [0.15, 0.2) is 0 Å². The molecule has 0 amide bonds. The van der Waals surface area contributed by atoms with Crippen LogP contribution in [0.3, 0.4) is 0 Å². The first-order valence-electron chi connectivity index (χ1n) is 5.52. The van der Waals surface area contributed by atoms with Crippen LogP contribution < -0.4 is 0 Å². The molecule has 0 aliphatic heterocycles. The van der Waals surface area contributed by atoms with Crippen molar-refractivity contribution in [3.63, 3.8) is 0 Å². The second-order valence-corrected chi connectivity index (χ2v) is 5.75. The van der Waals surface area contributed by atoms with E-state index in [4.69, 9.17) is 0 Å². The maximum absolute atomic E-state index is 10.1. The van der Waals surface area contributed by atoms with Crippen molar-refractivity contribution in [2.45, 2.75) is 6.10 Å². The van der Waals surface area contributed by atoms with Gasteiger partial charge in [-0.3, -0.25) is 0 Å². The molecular formula is C15H12Br2O. The Morgan fingerprint density at radius 1 is 0.944 bits per heavy atom. The van der Waals surface area contributed by atoms with Gasteiger partial charge in [-0.25, -0.2) is 0 Å². The number of aliphatic hydroxyl groups excluding tert-OH is 1. The van der Waals surface area contributed by atoms with Gasteiger partial charge in [0.25, 0.3) is 0 Å². The average molecular weight is 368 g/mol. The van der Waals surface area contributed by atoms with Crippen LogP contribution in [-0.4, -0.2) is 5.11 Å². The summed E-state index contributed by atoms with van der Waals surface area (Å²) in [5.74, 6) is 0. The third-order valence-electron chi connectivity index (χ3n) is 2.51. The molecule has 1 unspecified atom stereocenters. The van der Waals surface area contributed by atoms with Crippen molar-refractivity contribution in [1.82, 2.24) is 0 Å². The van der Waals surface area contributed by atoms with Crippen LogP contribution in [0, 0.1) is 0 Å². The van der Waals surface area contributed by atoms with E-state index in [1.54, 1.807) is 6.08 Å². The maximum Gasteiger partial charge on any atom is 0.0975 e. The summed E-state index contributed by atoms with van der Waals surface area (Å²) in [5, 5.41) is 10.1. The standard InChI is InChI=1S/C15H12Br2O/c16-13-5-1-3-11(9-13)7-8-15(18)12-4-2-6-14(17)10-12/h1-10,15,18H/b8-7+. The van der Waals surface area contributed by atoms with Gasteiger partial charge in [-0.1, -0.05) is 68.3 Å². The van der Waals surface area contributed by atoms with E-state index in [2.05, 4.69) is 31.9 Å². The second-order valence-electron chi connectivity index (χ2n) is 3.91.